The predicted octanol–water partition coefficient (Wildman–Crippen LogP) is 2.61. The quantitative estimate of drug-likeness (QED) is 0.874. The number of aryl methyl sites for hydroxylation is 1. The Labute approximate surface area is 135 Å². The molecule has 0 N–H and O–H groups in total. The average molecular weight is 312 g/mol. The second-order valence-corrected chi connectivity index (χ2v) is 5.64. The summed E-state index contributed by atoms with van der Waals surface area (Å²) in [5, 5.41) is 0. The average Bonchev–Trinajstić information content (AvgIpc) is 2.59. The highest BCUT2D eigenvalue weighted by molar-refractivity contribution is 5.95. The minimum absolute atomic E-state index is 0.0466. The first-order chi connectivity index (χ1) is 11.1. The molecule has 0 saturated heterocycles. The molecule has 0 aliphatic carbocycles. The van der Waals surface area contributed by atoms with Crippen LogP contribution in [-0.4, -0.2) is 36.6 Å². The number of aromatic nitrogens is 1. The van der Waals surface area contributed by atoms with Crippen molar-refractivity contribution in [2.75, 3.05) is 20.8 Å². The van der Waals surface area contributed by atoms with Crippen LogP contribution in [0.3, 0.4) is 0 Å². The van der Waals surface area contributed by atoms with E-state index in [0.29, 0.717) is 24.4 Å². The Morgan fingerprint density at radius 2 is 1.87 bits per heavy atom. The van der Waals surface area contributed by atoms with Crippen molar-refractivity contribution in [1.82, 2.24) is 9.88 Å². The van der Waals surface area contributed by atoms with E-state index in [1.807, 2.05) is 24.0 Å². The topological polar surface area (TPSA) is 51.7 Å². The molecule has 2 heterocycles. The monoisotopic (exact) mass is 312 g/mol. The van der Waals surface area contributed by atoms with Crippen LogP contribution in [0.5, 0.6) is 11.5 Å². The van der Waals surface area contributed by atoms with E-state index in [1.165, 1.54) is 5.56 Å². The van der Waals surface area contributed by atoms with Crippen molar-refractivity contribution < 1.29 is 14.3 Å². The highest BCUT2D eigenvalue weighted by atomic mass is 16.5. The second-order valence-electron chi connectivity index (χ2n) is 5.64. The summed E-state index contributed by atoms with van der Waals surface area (Å²) in [4.78, 5) is 18.7. The number of nitrogens with zero attached hydrogens (tertiary/aromatic N) is 2. The Morgan fingerprint density at radius 1 is 1.17 bits per heavy atom. The number of ether oxygens (including phenoxy) is 2. The van der Waals surface area contributed by atoms with E-state index in [0.717, 1.165) is 23.3 Å². The molecule has 1 aromatic heterocycles. The molecule has 0 saturated carbocycles. The number of rotatable bonds is 3. The van der Waals surface area contributed by atoms with Crippen LogP contribution < -0.4 is 9.47 Å². The number of methoxy groups -OCH3 is 2. The molecule has 1 aliphatic heterocycles. The van der Waals surface area contributed by atoms with Crippen LogP contribution in [0.4, 0.5) is 0 Å². The lowest BCUT2D eigenvalue weighted by atomic mass is 9.98. The number of carbonyl (C=O) groups excluding carboxylic acids is 1. The van der Waals surface area contributed by atoms with Gasteiger partial charge in [-0.3, -0.25) is 9.78 Å². The lowest BCUT2D eigenvalue weighted by molar-refractivity contribution is 0.0733. The van der Waals surface area contributed by atoms with Crippen molar-refractivity contribution in [2.24, 2.45) is 0 Å². The van der Waals surface area contributed by atoms with E-state index in [2.05, 4.69) is 4.98 Å². The third-order valence-corrected chi connectivity index (χ3v) is 4.26. The van der Waals surface area contributed by atoms with E-state index in [1.54, 1.807) is 32.7 Å². The number of hydrogen-bond donors (Lipinski definition) is 0. The van der Waals surface area contributed by atoms with Crippen LogP contribution >= 0.6 is 0 Å². The van der Waals surface area contributed by atoms with Crippen LogP contribution in [0.15, 0.2) is 30.6 Å². The Morgan fingerprint density at radius 3 is 2.52 bits per heavy atom. The summed E-state index contributed by atoms with van der Waals surface area (Å²) in [6, 6.07) is 5.75. The van der Waals surface area contributed by atoms with Gasteiger partial charge in [-0.05, 0) is 48.2 Å². The molecule has 1 aromatic carbocycles. The van der Waals surface area contributed by atoms with Crippen molar-refractivity contribution in [2.45, 2.75) is 19.9 Å². The molecule has 23 heavy (non-hydrogen) atoms. The standard InChI is InChI=1S/C18H20N2O3/c1-12-10-19-6-4-15(12)18(21)20-7-5-13-8-16(22-2)17(23-3)9-14(13)11-20/h4,6,8-10H,5,7,11H2,1-3H3. The van der Waals surface area contributed by atoms with Crippen LogP contribution in [0.1, 0.15) is 27.0 Å². The summed E-state index contributed by atoms with van der Waals surface area (Å²) in [5.41, 5.74) is 3.92. The number of benzene rings is 1. The van der Waals surface area contributed by atoms with Gasteiger partial charge in [0.2, 0.25) is 0 Å². The number of amides is 1. The van der Waals surface area contributed by atoms with E-state index in [4.69, 9.17) is 9.47 Å². The van der Waals surface area contributed by atoms with Crippen LogP contribution in [0.2, 0.25) is 0 Å². The van der Waals surface area contributed by atoms with Crippen molar-refractivity contribution in [3.8, 4) is 11.5 Å². The largest absolute Gasteiger partial charge is 0.493 e. The number of pyridine rings is 1. The van der Waals surface area contributed by atoms with E-state index in [-0.39, 0.29) is 5.91 Å². The maximum atomic E-state index is 12.8. The van der Waals surface area contributed by atoms with Gasteiger partial charge in [0.15, 0.2) is 11.5 Å². The summed E-state index contributed by atoms with van der Waals surface area (Å²) >= 11 is 0. The number of hydrogen-bond acceptors (Lipinski definition) is 4. The zero-order valence-corrected chi connectivity index (χ0v) is 13.6. The summed E-state index contributed by atoms with van der Waals surface area (Å²) < 4.78 is 10.7. The van der Waals surface area contributed by atoms with Crippen molar-refractivity contribution in [1.29, 1.82) is 0 Å². The number of fused-ring (bicyclic) bond motifs is 1. The third kappa shape index (κ3) is 2.86. The zero-order chi connectivity index (χ0) is 16.4. The molecule has 1 amide bonds. The van der Waals surface area contributed by atoms with Crippen LogP contribution in [-0.2, 0) is 13.0 Å². The summed E-state index contributed by atoms with van der Waals surface area (Å²) in [7, 11) is 3.26. The summed E-state index contributed by atoms with van der Waals surface area (Å²) in [6.07, 6.45) is 4.19. The molecule has 5 nitrogen and oxygen atoms in total. The Hall–Kier alpha value is -2.56. The second kappa shape index (κ2) is 6.28. The molecule has 0 unspecified atom stereocenters. The fourth-order valence-electron chi connectivity index (χ4n) is 2.94. The molecule has 0 atom stereocenters. The fourth-order valence-corrected chi connectivity index (χ4v) is 2.94. The molecule has 3 rings (SSSR count). The van der Waals surface area contributed by atoms with Gasteiger partial charge in [0, 0.05) is 31.0 Å². The van der Waals surface area contributed by atoms with Gasteiger partial charge in [-0.25, -0.2) is 0 Å². The number of carbonyl (C=O) groups is 1. The van der Waals surface area contributed by atoms with Gasteiger partial charge >= 0.3 is 0 Å². The molecule has 2 aromatic rings. The van der Waals surface area contributed by atoms with E-state index in [9.17, 15) is 4.79 Å². The van der Waals surface area contributed by atoms with Crippen molar-refractivity contribution in [3.05, 3.63) is 52.8 Å². The Balaban J connectivity index is 1.88. The maximum Gasteiger partial charge on any atom is 0.254 e. The van der Waals surface area contributed by atoms with Gasteiger partial charge in [-0.1, -0.05) is 0 Å². The van der Waals surface area contributed by atoms with Gasteiger partial charge in [0.1, 0.15) is 0 Å². The molecular formula is C18H20N2O3. The molecule has 0 fully saturated rings. The molecule has 0 radical (unpaired) electrons. The lowest BCUT2D eigenvalue weighted by Gasteiger charge is -2.30. The zero-order valence-electron chi connectivity index (χ0n) is 13.6. The Bertz CT molecular complexity index is 743. The molecular weight excluding hydrogens is 292 g/mol. The van der Waals surface area contributed by atoms with Gasteiger partial charge in [-0.2, -0.15) is 0 Å². The first-order valence-corrected chi connectivity index (χ1v) is 7.57. The molecule has 120 valence electrons. The molecule has 5 heteroatoms. The summed E-state index contributed by atoms with van der Waals surface area (Å²) in [6.45, 7) is 3.19. The SMILES string of the molecule is COc1cc2c(cc1OC)CN(C(=O)c1ccncc1C)CC2. The highest BCUT2D eigenvalue weighted by Gasteiger charge is 2.24. The Kier molecular flexibility index (Phi) is 4.19. The van der Waals surface area contributed by atoms with Gasteiger partial charge in [0.25, 0.3) is 5.91 Å². The lowest BCUT2D eigenvalue weighted by Crippen LogP contribution is -2.36. The first-order valence-electron chi connectivity index (χ1n) is 7.57. The van der Waals surface area contributed by atoms with Gasteiger partial charge < -0.3 is 14.4 Å². The van der Waals surface area contributed by atoms with E-state index >= 15 is 0 Å². The third-order valence-electron chi connectivity index (χ3n) is 4.26. The smallest absolute Gasteiger partial charge is 0.254 e. The fraction of sp³-hybridized carbons (Fsp3) is 0.333. The summed E-state index contributed by atoms with van der Waals surface area (Å²) in [5.74, 6) is 1.47. The first kappa shape index (κ1) is 15.3. The normalized spacial score (nSPS) is 13.4. The van der Waals surface area contributed by atoms with Crippen molar-refractivity contribution >= 4 is 5.91 Å². The highest BCUT2D eigenvalue weighted by Crippen LogP contribution is 2.33. The van der Waals surface area contributed by atoms with Gasteiger partial charge in [0.05, 0.1) is 14.2 Å². The molecule has 0 bridgehead atoms. The molecule has 1 aliphatic rings. The van der Waals surface area contributed by atoms with Crippen LogP contribution in [0, 0.1) is 6.92 Å². The van der Waals surface area contributed by atoms with Gasteiger partial charge in [-0.15, -0.1) is 0 Å². The molecule has 0 spiro atoms. The van der Waals surface area contributed by atoms with Crippen molar-refractivity contribution in [3.63, 3.8) is 0 Å². The maximum absolute atomic E-state index is 12.8. The minimum Gasteiger partial charge on any atom is -0.493 e. The van der Waals surface area contributed by atoms with E-state index < -0.39 is 0 Å². The minimum atomic E-state index is 0.0466. The predicted molar refractivity (Wildman–Crippen MR) is 87.0 cm³/mol. The van der Waals surface area contributed by atoms with Crippen LogP contribution in [0.25, 0.3) is 0 Å².